The number of anilines is 1. The first kappa shape index (κ1) is 23.1. The lowest BCUT2D eigenvalue weighted by Crippen LogP contribution is -2.18. The van der Waals surface area contributed by atoms with Crippen molar-refractivity contribution in [1.82, 2.24) is 24.5 Å². The molecule has 0 fully saturated rings. The van der Waals surface area contributed by atoms with Gasteiger partial charge in [0.2, 0.25) is 5.95 Å². The number of alkyl halides is 4. The maximum Gasteiger partial charge on any atom is 0.425 e. The topological polar surface area (TPSA) is 98.7 Å². The summed E-state index contributed by atoms with van der Waals surface area (Å²) >= 11 is 0. The minimum absolute atomic E-state index is 0.0184. The number of rotatable bonds is 6. The van der Waals surface area contributed by atoms with Gasteiger partial charge in [0, 0.05) is 30.2 Å². The van der Waals surface area contributed by atoms with Gasteiger partial charge < -0.3 is 9.73 Å². The van der Waals surface area contributed by atoms with Crippen molar-refractivity contribution in [2.24, 2.45) is 0 Å². The summed E-state index contributed by atoms with van der Waals surface area (Å²) < 4.78 is 57.8. The lowest BCUT2D eigenvalue weighted by Gasteiger charge is -2.14. The predicted octanol–water partition coefficient (Wildman–Crippen LogP) is 4.90. The van der Waals surface area contributed by atoms with Gasteiger partial charge in [0.25, 0.3) is 0 Å². The summed E-state index contributed by atoms with van der Waals surface area (Å²) in [5.74, 6) is -0.130. The summed E-state index contributed by atoms with van der Waals surface area (Å²) in [6.07, 6.45) is -0.417. The van der Waals surface area contributed by atoms with Crippen molar-refractivity contribution in [3.05, 3.63) is 82.8 Å². The molecule has 0 spiro atoms. The second-order valence-electron chi connectivity index (χ2n) is 7.39. The van der Waals surface area contributed by atoms with Crippen LogP contribution in [-0.2, 0) is 6.18 Å². The maximum absolute atomic E-state index is 13.8. The number of benzene rings is 1. The van der Waals surface area contributed by atoms with Gasteiger partial charge in [0.1, 0.15) is 29.8 Å². The van der Waals surface area contributed by atoms with Crippen LogP contribution in [0.5, 0.6) is 0 Å². The Hall–Kier alpha value is -4.09. The zero-order valence-corrected chi connectivity index (χ0v) is 17.9. The highest BCUT2D eigenvalue weighted by atomic mass is 19.4. The Morgan fingerprint density at radius 1 is 1.00 bits per heavy atom. The van der Waals surface area contributed by atoms with Crippen LogP contribution in [0.15, 0.2) is 64.4 Å². The van der Waals surface area contributed by atoms with Crippen molar-refractivity contribution in [2.45, 2.75) is 32.2 Å². The van der Waals surface area contributed by atoms with E-state index in [9.17, 15) is 22.4 Å². The molecular formula is C22H18F4N6O2. The standard InChI is InChI=1S/C22H18F4N6O2/c1-12(23)17-11-34-21(33)32(17)18-7-8-27-20(31-18)30-13(2)19-28-9-15(10-29-19)14-3-5-16(6-4-14)22(24,25)26/h3-13H,1-2H3,(H,27,30,31)/t12-,13-/m0/s1. The van der Waals surface area contributed by atoms with Crippen molar-refractivity contribution in [1.29, 1.82) is 0 Å². The highest BCUT2D eigenvalue weighted by Gasteiger charge is 2.30. The molecule has 0 bridgehead atoms. The molecule has 3 heterocycles. The summed E-state index contributed by atoms with van der Waals surface area (Å²) in [5.41, 5.74) is 0.374. The Kier molecular flexibility index (Phi) is 6.14. The van der Waals surface area contributed by atoms with Gasteiger partial charge in [-0.2, -0.15) is 18.2 Å². The zero-order valence-electron chi connectivity index (χ0n) is 17.9. The van der Waals surface area contributed by atoms with E-state index in [1.165, 1.54) is 43.7 Å². The van der Waals surface area contributed by atoms with Crippen LogP contribution in [0, 0.1) is 0 Å². The third kappa shape index (κ3) is 4.80. The fourth-order valence-corrected chi connectivity index (χ4v) is 3.18. The molecule has 0 aliphatic heterocycles. The van der Waals surface area contributed by atoms with E-state index in [1.807, 2.05) is 0 Å². The third-order valence-electron chi connectivity index (χ3n) is 4.95. The average molecular weight is 474 g/mol. The second-order valence-corrected chi connectivity index (χ2v) is 7.39. The number of hydrogen-bond donors (Lipinski definition) is 1. The molecule has 176 valence electrons. The van der Waals surface area contributed by atoms with Crippen LogP contribution >= 0.6 is 0 Å². The molecule has 0 aliphatic rings. The molecule has 2 atom stereocenters. The summed E-state index contributed by atoms with van der Waals surface area (Å²) in [5, 5.41) is 3.00. The fourth-order valence-electron chi connectivity index (χ4n) is 3.18. The highest BCUT2D eigenvalue weighted by Crippen LogP contribution is 2.31. The first-order valence-corrected chi connectivity index (χ1v) is 10.1. The SMILES string of the molecule is C[C@H](F)c1coc(=O)n1-c1ccnc(N[C@@H](C)c2ncc(-c3ccc(C(F)(F)F)cc3)cn2)n1. The van der Waals surface area contributed by atoms with Crippen molar-refractivity contribution in [2.75, 3.05) is 5.32 Å². The number of halogens is 4. The molecule has 1 aromatic carbocycles. The molecule has 0 amide bonds. The normalized spacial score (nSPS) is 13.5. The Bertz CT molecular complexity index is 1330. The lowest BCUT2D eigenvalue weighted by atomic mass is 10.1. The van der Waals surface area contributed by atoms with Crippen LogP contribution < -0.4 is 11.1 Å². The predicted molar refractivity (Wildman–Crippen MR) is 114 cm³/mol. The number of hydrogen-bond acceptors (Lipinski definition) is 7. The average Bonchev–Trinajstić information content (AvgIpc) is 3.20. The van der Waals surface area contributed by atoms with Crippen molar-refractivity contribution >= 4 is 5.95 Å². The van der Waals surface area contributed by atoms with E-state index in [0.717, 1.165) is 23.0 Å². The van der Waals surface area contributed by atoms with Crippen LogP contribution in [0.2, 0.25) is 0 Å². The first-order chi connectivity index (χ1) is 16.1. The summed E-state index contributed by atoms with van der Waals surface area (Å²) in [6, 6.07) is 5.68. The fraction of sp³-hybridized carbons (Fsp3) is 0.227. The largest absolute Gasteiger partial charge is 0.425 e. The van der Waals surface area contributed by atoms with Gasteiger partial charge in [-0.1, -0.05) is 12.1 Å². The van der Waals surface area contributed by atoms with Gasteiger partial charge in [-0.25, -0.2) is 28.7 Å². The Balaban J connectivity index is 1.51. The number of aromatic nitrogens is 5. The van der Waals surface area contributed by atoms with Gasteiger partial charge in [0.15, 0.2) is 0 Å². The Morgan fingerprint density at radius 2 is 1.68 bits per heavy atom. The molecule has 3 aromatic heterocycles. The molecule has 12 heteroatoms. The monoisotopic (exact) mass is 474 g/mol. The van der Waals surface area contributed by atoms with Crippen LogP contribution in [-0.4, -0.2) is 24.5 Å². The van der Waals surface area contributed by atoms with E-state index < -0.39 is 29.7 Å². The van der Waals surface area contributed by atoms with Crippen molar-refractivity contribution in [3.63, 3.8) is 0 Å². The van der Waals surface area contributed by atoms with E-state index >= 15 is 0 Å². The number of nitrogens with zero attached hydrogens (tertiary/aromatic N) is 5. The van der Waals surface area contributed by atoms with Crippen LogP contribution in [0.3, 0.4) is 0 Å². The van der Waals surface area contributed by atoms with Crippen LogP contribution in [0.1, 0.15) is 43.1 Å². The van der Waals surface area contributed by atoms with E-state index in [-0.39, 0.29) is 17.5 Å². The highest BCUT2D eigenvalue weighted by molar-refractivity contribution is 5.61. The molecule has 0 aliphatic carbocycles. The molecule has 0 saturated carbocycles. The smallest absolute Gasteiger partial charge is 0.416 e. The first-order valence-electron chi connectivity index (χ1n) is 10.1. The van der Waals surface area contributed by atoms with Gasteiger partial charge in [0.05, 0.1) is 11.6 Å². The van der Waals surface area contributed by atoms with E-state index in [4.69, 9.17) is 4.42 Å². The van der Waals surface area contributed by atoms with Gasteiger partial charge in [-0.3, -0.25) is 0 Å². The summed E-state index contributed by atoms with van der Waals surface area (Å²) in [6.45, 7) is 3.02. The minimum Gasteiger partial charge on any atom is -0.416 e. The van der Waals surface area contributed by atoms with Crippen LogP contribution in [0.4, 0.5) is 23.5 Å². The van der Waals surface area contributed by atoms with E-state index in [1.54, 1.807) is 6.92 Å². The summed E-state index contributed by atoms with van der Waals surface area (Å²) in [4.78, 5) is 28.9. The van der Waals surface area contributed by atoms with E-state index in [0.29, 0.717) is 17.0 Å². The number of nitrogens with one attached hydrogen (secondary N) is 1. The molecule has 0 radical (unpaired) electrons. The van der Waals surface area contributed by atoms with Crippen molar-refractivity contribution < 1.29 is 22.0 Å². The van der Waals surface area contributed by atoms with Gasteiger partial charge in [-0.15, -0.1) is 0 Å². The Labute approximate surface area is 190 Å². The molecule has 1 N–H and O–H groups in total. The molecule has 4 rings (SSSR count). The zero-order chi connectivity index (χ0) is 24.5. The van der Waals surface area contributed by atoms with Crippen molar-refractivity contribution in [3.8, 4) is 16.9 Å². The van der Waals surface area contributed by atoms with Crippen LogP contribution in [0.25, 0.3) is 16.9 Å². The molecule has 4 aromatic rings. The number of oxazole rings is 1. The van der Waals surface area contributed by atoms with Gasteiger partial charge in [-0.05, 0) is 31.5 Å². The van der Waals surface area contributed by atoms with Gasteiger partial charge >= 0.3 is 11.9 Å². The summed E-state index contributed by atoms with van der Waals surface area (Å²) in [7, 11) is 0. The molecule has 0 unspecified atom stereocenters. The maximum atomic E-state index is 13.8. The minimum atomic E-state index is -4.41. The quantitative estimate of drug-likeness (QED) is 0.397. The molecule has 0 saturated heterocycles. The molecule has 8 nitrogen and oxygen atoms in total. The molecular weight excluding hydrogens is 456 g/mol. The molecule has 34 heavy (non-hydrogen) atoms. The Morgan fingerprint density at radius 3 is 2.29 bits per heavy atom. The van der Waals surface area contributed by atoms with E-state index in [2.05, 4.69) is 25.3 Å². The lowest BCUT2D eigenvalue weighted by molar-refractivity contribution is -0.137. The second kappa shape index (κ2) is 9.04. The third-order valence-corrected chi connectivity index (χ3v) is 4.95.